The van der Waals surface area contributed by atoms with E-state index in [2.05, 4.69) is 36.4 Å². The summed E-state index contributed by atoms with van der Waals surface area (Å²) in [6.45, 7) is 9.73. The Hall–Kier alpha value is -2.41. The Morgan fingerprint density at radius 2 is 1.87 bits per heavy atom. The number of aromatic nitrogens is 4. The maximum absolute atomic E-state index is 12.3. The number of nitrogens with one attached hydrogen (secondary N) is 2. The molecule has 2 fully saturated rings. The number of sulfone groups is 1. The average Bonchev–Trinajstić information content (AvgIpc) is 3.58. The van der Waals surface area contributed by atoms with Gasteiger partial charge in [-0.15, -0.1) is 11.3 Å². The van der Waals surface area contributed by atoms with E-state index in [1.807, 2.05) is 19.2 Å². The topological polar surface area (TPSA) is 150 Å². The van der Waals surface area contributed by atoms with E-state index in [9.17, 15) is 18.6 Å². The third-order valence-corrected chi connectivity index (χ3v) is 10.8. The van der Waals surface area contributed by atoms with Gasteiger partial charge in [-0.05, 0) is 52.5 Å². The molecule has 212 valence electrons. The van der Waals surface area contributed by atoms with Crippen LogP contribution in [0.25, 0.3) is 20.8 Å². The van der Waals surface area contributed by atoms with Crippen molar-refractivity contribution in [1.29, 1.82) is 0 Å². The summed E-state index contributed by atoms with van der Waals surface area (Å²) in [6, 6.07) is 1.39. The van der Waals surface area contributed by atoms with E-state index in [4.69, 9.17) is 15.0 Å². The van der Waals surface area contributed by atoms with E-state index in [1.54, 1.807) is 18.3 Å². The second kappa shape index (κ2) is 10.5. The molecule has 3 aromatic rings. The van der Waals surface area contributed by atoms with Crippen LogP contribution in [-0.2, 0) is 9.84 Å². The van der Waals surface area contributed by atoms with Crippen LogP contribution in [0.15, 0.2) is 12.3 Å². The molecule has 0 radical (unpaired) electrons. The lowest BCUT2D eigenvalue weighted by molar-refractivity contribution is 0.0216. The molecular formula is C27H38N6O4S2. The molecule has 0 spiro atoms. The number of hydrogen-bond donors (Lipinski definition) is 4. The van der Waals surface area contributed by atoms with Gasteiger partial charge in [-0.25, -0.2) is 18.4 Å². The quantitative estimate of drug-likeness (QED) is 0.281. The molecule has 0 saturated heterocycles. The predicted octanol–water partition coefficient (Wildman–Crippen LogP) is 3.89. The number of fused-ring (bicyclic) bond motifs is 1. The standard InChI is InChI=1S/C27H38N6O4S2/c1-6-27(4,5)33-26-29-14(3)19(25-31-21-18(38-25)10-11-28-20(21)15-8-9-15)24(32-26)30-17-12-16(22(34)23(17)35)13-39(36,37)7-2/h10-11,15-17,22-23,34-35H,6-9,12-13H2,1-5H3,(H2,29,30,32,33)/t16-,17-,22-,23+/m1/s1. The fourth-order valence-electron chi connectivity index (χ4n) is 5.07. The molecule has 10 nitrogen and oxygen atoms in total. The van der Waals surface area contributed by atoms with Gasteiger partial charge in [0.05, 0.1) is 39.5 Å². The SMILES string of the molecule is CCC(C)(C)Nc1nc(C)c(-c2nc3c(C4CC4)nccc3s2)c(N[C@@H]2C[C@H](CS(=O)(=O)CC)[C@@H](O)[C@H]2O)n1. The first-order chi connectivity index (χ1) is 18.4. The van der Waals surface area contributed by atoms with Gasteiger partial charge in [0.15, 0.2) is 0 Å². The molecule has 2 aliphatic carbocycles. The molecular weight excluding hydrogens is 536 g/mol. The summed E-state index contributed by atoms with van der Waals surface area (Å²) >= 11 is 1.55. The van der Waals surface area contributed by atoms with Gasteiger partial charge in [-0.2, -0.15) is 4.98 Å². The molecule has 0 aliphatic heterocycles. The lowest BCUT2D eigenvalue weighted by Crippen LogP contribution is -2.36. The van der Waals surface area contributed by atoms with Crippen molar-refractivity contribution in [1.82, 2.24) is 19.9 Å². The van der Waals surface area contributed by atoms with Crippen molar-refractivity contribution < 1.29 is 18.6 Å². The second-order valence-corrected chi connectivity index (χ2v) is 14.9. The summed E-state index contributed by atoms with van der Waals surface area (Å²) in [6.07, 6.45) is 2.94. The van der Waals surface area contributed by atoms with Crippen molar-refractivity contribution in [3.05, 3.63) is 23.7 Å². The molecule has 39 heavy (non-hydrogen) atoms. The lowest BCUT2D eigenvalue weighted by atomic mass is 10.0. The van der Waals surface area contributed by atoms with Gasteiger partial charge in [0.2, 0.25) is 5.95 Å². The summed E-state index contributed by atoms with van der Waals surface area (Å²) in [5, 5.41) is 29.1. The van der Waals surface area contributed by atoms with Crippen LogP contribution in [0.3, 0.4) is 0 Å². The normalized spacial score (nSPS) is 23.9. The highest BCUT2D eigenvalue weighted by Gasteiger charge is 2.43. The largest absolute Gasteiger partial charge is 0.390 e. The Morgan fingerprint density at radius 1 is 1.13 bits per heavy atom. The molecule has 12 heteroatoms. The Labute approximate surface area is 233 Å². The Morgan fingerprint density at radius 3 is 2.54 bits per heavy atom. The highest BCUT2D eigenvalue weighted by molar-refractivity contribution is 7.91. The molecule has 4 atom stereocenters. The van der Waals surface area contributed by atoms with Crippen LogP contribution in [-0.4, -0.2) is 73.9 Å². The van der Waals surface area contributed by atoms with Crippen LogP contribution in [0.4, 0.5) is 11.8 Å². The van der Waals surface area contributed by atoms with E-state index in [1.165, 1.54) is 0 Å². The van der Waals surface area contributed by atoms with Crippen LogP contribution in [0, 0.1) is 12.8 Å². The van der Waals surface area contributed by atoms with Gasteiger partial charge in [0.25, 0.3) is 0 Å². The van der Waals surface area contributed by atoms with Gasteiger partial charge in [-0.1, -0.05) is 13.8 Å². The number of anilines is 2. The van der Waals surface area contributed by atoms with E-state index in [0.29, 0.717) is 24.1 Å². The molecule has 5 rings (SSSR count). The van der Waals surface area contributed by atoms with Crippen LogP contribution < -0.4 is 10.6 Å². The summed E-state index contributed by atoms with van der Waals surface area (Å²) in [7, 11) is -3.31. The smallest absolute Gasteiger partial charge is 0.225 e. The zero-order valence-corrected chi connectivity index (χ0v) is 24.7. The summed E-state index contributed by atoms with van der Waals surface area (Å²) in [5.74, 6) is 0.657. The number of nitrogens with zero attached hydrogens (tertiary/aromatic N) is 4. The van der Waals surface area contributed by atoms with Crippen LogP contribution in [0.5, 0.6) is 0 Å². The summed E-state index contributed by atoms with van der Waals surface area (Å²) in [4.78, 5) is 19.2. The van der Waals surface area contributed by atoms with Gasteiger partial charge < -0.3 is 20.8 Å². The minimum absolute atomic E-state index is 0.00276. The summed E-state index contributed by atoms with van der Waals surface area (Å²) in [5.41, 5.74) is 3.14. The zero-order chi connectivity index (χ0) is 28.1. The van der Waals surface area contributed by atoms with Crippen molar-refractivity contribution >= 4 is 43.2 Å². The number of thiazole rings is 1. The van der Waals surface area contributed by atoms with Crippen molar-refractivity contribution in [2.45, 2.75) is 90.0 Å². The predicted molar refractivity (Wildman–Crippen MR) is 155 cm³/mol. The van der Waals surface area contributed by atoms with Gasteiger partial charge in [0.1, 0.15) is 32.3 Å². The third-order valence-electron chi connectivity index (χ3n) is 7.97. The van der Waals surface area contributed by atoms with E-state index in [0.717, 1.165) is 51.4 Å². The lowest BCUT2D eigenvalue weighted by Gasteiger charge is -2.26. The molecule has 3 heterocycles. The molecule has 0 amide bonds. The van der Waals surface area contributed by atoms with Crippen molar-refractivity contribution in [2.75, 3.05) is 22.1 Å². The minimum Gasteiger partial charge on any atom is -0.390 e. The van der Waals surface area contributed by atoms with Crippen LogP contribution in [0.2, 0.25) is 0 Å². The van der Waals surface area contributed by atoms with Gasteiger partial charge in [-0.3, -0.25) is 4.98 Å². The number of hydrogen-bond acceptors (Lipinski definition) is 11. The van der Waals surface area contributed by atoms with E-state index >= 15 is 0 Å². The molecule has 0 aromatic carbocycles. The van der Waals surface area contributed by atoms with Crippen LogP contribution >= 0.6 is 11.3 Å². The monoisotopic (exact) mass is 574 g/mol. The fourth-order valence-corrected chi connectivity index (χ4v) is 7.36. The van der Waals surface area contributed by atoms with Gasteiger partial charge in [0, 0.05) is 29.3 Å². The third kappa shape index (κ3) is 5.89. The molecule has 2 aliphatic rings. The molecule has 4 N–H and O–H groups in total. The number of aliphatic hydroxyl groups is 2. The highest BCUT2D eigenvalue weighted by atomic mass is 32.2. The Bertz CT molecular complexity index is 1470. The first-order valence-electron chi connectivity index (χ1n) is 13.7. The zero-order valence-electron chi connectivity index (χ0n) is 23.1. The fraction of sp³-hybridized carbons (Fsp3) is 0.630. The summed E-state index contributed by atoms with van der Waals surface area (Å²) < 4.78 is 25.6. The molecule has 3 aromatic heterocycles. The Kier molecular flexibility index (Phi) is 7.60. The first kappa shape index (κ1) is 28.1. The van der Waals surface area contributed by atoms with Crippen molar-refractivity contribution in [2.24, 2.45) is 5.92 Å². The van der Waals surface area contributed by atoms with E-state index in [-0.39, 0.29) is 17.0 Å². The number of rotatable bonds is 10. The minimum atomic E-state index is -3.31. The maximum Gasteiger partial charge on any atom is 0.225 e. The van der Waals surface area contributed by atoms with Gasteiger partial charge >= 0.3 is 0 Å². The first-order valence-corrected chi connectivity index (χ1v) is 16.3. The maximum atomic E-state index is 12.3. The highest BCUT2D eigenvalue weighted by Crippen LogP contribution is 2.44. The number of pyridine rings is 1. The number of aryl methyl sites for hydroxylation is 1. The second-order valence-electron chi connectivity index (χ2n) is 11.5. The van der Waals surface area contributed by atoms with Crippen LogP contribution in [0.1, 0.15) is 70.7 Å². The van der Waals surface area contributed by atoms with E-state index < -0.39 is 34.0 Å². The average molecular weight is 575 g/mol. The van der Waals surface area contributed by atoms with Crippen molar-refractivity contribution in [3.63, 3.8) is 0 Å². The molecule has 0 bridgehead atoms. The Balaban J connectivity index is 1.54. The molecule has 2 saturated carbocycles. The number of aliphatic hydroxyl groups excluding tert-OH is 2. The van der Waals surface area contributed by atoms with Crippen molar-refractivity contribution in [3.8, 4) is 10.6 Å². The molecule has 0 unspecified atom stereocenters.